The molecule has 0 amide bonds. The highest BCUT2D eigenvalue weighted by Gasteiger charge is 2.48. The molecular weight excluding hydrogens is 144 g/mol. The molecule has 2 aliphatic rings. The molecule has 0 N–H and O–H groups in total. The number of rotatable bonds is 2. The molecule has 0 nitrogen and oxygen atoms in total. The van der Waals surface area contributed by atoms with E-state index in [1.807, 2.05) is 0 Å². The second kappa shape index (κ2) is 2.49. The first-order valence-corrected chi connectivity index (χ1v) is 5.48. The van der Waals surface area contributed by atoms with E-state index >= 15 is 0 Å². The van der Waals surface area contributed by atoms with Gasteiger partial charge in [-0.2, -0.15) is 0 Å². The molecule has 0 bridgehead atoms. The van der Waals surface area contributed by atoms with Crippen LogP contribution in [-0.4, -0.2) is 0 Å². The van der Waals surface area contributed by atoms with E-state index in [1.54, 1.807) is 6.42 Å². The van der Waals surface area contributed by atoms with Crippen molar-refractivity contribution in [3.8, 4) is 0 Å². The van der Waals surface area contributed by atoms with E-state index in [9.17, 15) is 0 Å². The minimum Gasteiger partial charge on any atom is -0.0622 e. The Morgan fingerprint density at radius 1 is 1.08 bits per heavy atom. The van der Waals surface area contributed by atoms with Crippen LogP contribution in [0.1, 0.15) is 47.0 Å². The molecule has 0 spiro atoms. The van der Waals surface area contributed by atoms with Crippen LogP contribution >= 0.6 is 0 Å². The zero-order valence-corrected chi connectivity index (χ0v) is 8.93. The summed E-state index contributed by atoms with van der Waals surface area (Å²) in [6.07, 6.45) is 4.59. The van der Waals surface area contributed by atoms with Crippen LogP contribution in [0.5, 0.6) is 0 Å². The molecule has 2 saturated carbocycles. The van der Waals surface area contributed by atoms with Crippen LogP contribution in [0.25, 0.3) is 0 Å². The third kappa shape index (κ3) is 1.67. The normalized spacial score (nSPS) is 46.0. The van der Waals surface area contributed by atoms with E-state index in [0.717, 1.165) is 23.7 Å². The zero-order chi connectivity index (χ0) is 8.93. The lowest BCUT2D eigenvalue weighted by Crippen LogP contribution is -2.09. The van der Waals surface area contributed by atoms with Crippen LogP contribution in [-0.2, 0) is 0 Å². The van der Waals surface area contributed by atoms with Gasteiger partial charge in [0.2, 0.25) is 0 Å². The molecule has 0 radical (unpaired) electrons. The predicted molar refractivity (Wildman–Crippen MR) is 52.9 cm³/mol. The van der Waals surface area contributed by atoms with Gasteiger partial charge < -0.3 is 0 Å². The van der Waals surface area contributed by atoms with E-state index in [4.69, 9.17) is 0 Å². The molecule has 4 unspecified atom stereocenters. The fraction of sp³-hybridized carbons (Fsp3) is 1.00. The summed E-state index contributed by atoms with van der Waals surface area (Å²) >= 11 is 0. The third-order valence-electron chi connectivity index (χ3n) is 3.92. The Balaban J connectivity index is 1.74. The van der Waals surface area contributed by atoms with E-state index < -0.39 is 0 Å². The molecule has 0 heterocycles. The van der Waals surface area contributed by atoms with Gasteiger partial charge in [0, 0.05) is 0 Å². The minimum absolute atomic E-state index is 0.586. The van der Waals surface area contributed by atoms with Crippen molar-refractivity contribution in [2.75, 3.05) is 0 Å². The van der Waals surface area contributed by atoms with Crippen molar-refractivity contribution in [2.45, 2.75) is 47.0 Å². The molecule has 0 heteroatoms. The van der Waals surface area contributed by atoms with Crippen LogP contribution in [0.3, 0.4) is 0 Å². The summed E-state index contributed by atoms with van der Waals surface area (Å²) in [4.78, 5) is 0. The lowest BCUT2D eigenvalue weighted by molar-refractivity contribution is 0.321. The summed E-state index contributed by atoms with van der Waals surface area (Å²) in [5, 5.41) is 0. The largest absolute Gasteiger partial charge is 0.0622 e. The Kier molecular flexibility index (Phi) is 1.79. The monoisotopic (exact) mass is 166 g/mol. The maximum absolute atomic E-state index is 2.40. The minimum atomic E-state index is 0.586. The van der Waals surface area contributed by atoms with Gasteiger partial charge in [0.15, 0.2) is 0 Å². The SMILES string of the molecule is CC1CC1CC1CC1C(C)(C)C. The second-order valence-electron chi connectivity index (χ2n) is 6.18. The molecule has 0 aromatic heterocycles. The molecule has 0 aromatic carbocycles. The van der Waals surface area contributed by atoms with Crippen LogP contribution in [0.4, 0.5) is 0 Å². The van der Waals surface area contributed by atoms with Crippen molar-refractivity contribution in [2.24, 2.45) is 29.1 Å². The highest BCUT2D eigenvalue weighted by Crippen LogP contribution is 2.57. The molecule has 2 fully saturated rings. The Morgan fingerprint density at radius 3 is 2.00 bits per heavy atom. The summed E-state index contributed by atoms with van der Waals surface area (Å²) in [6.45, 7) is 9.59. The Labute approximate surface area is 76.7 Å². The van der Waals surface area contributed by atoms with E-state index in [2.05, 4.69) is 27.7 Å². The Morgan fingerprint density at radius 2 is 1.67 bits per heavy atom. The lowest BCUT2D eigenvalue weighted by Gasteiger charge is -2.17. The first-order valence-electron chi connectivity index (χ1n) is 5.48. The first kappa shape index (κ1) is 8.59. The van der Waals surface area contributed by atoms with Gasteiger partial charge in [-0.1, -0.05) is 27.7 Å². The number of hydrogen-bond acceptors (Lipinski definition) is 0. The van der Waals surface area contributed by atoms with Gasteiger partial charge in [-0.3, -0.25) is 0 Å². The topological polar surface area (TPSA) is 0 Å². The summed E-state index contributed by atoms with van der Waals surface area (Å²) < 4.78 is 0. The van der Waals surface area contributed by atoms with Crippen molar-refractivity contribution in [1.29, 1.82) is 0 Å². The van der Waals surface area contributed by atoms with Gasteiger partial charge >= 0.3 is 0 Å². The maximum atomic E-state index is 2.40. The van der Waals surface area contributed by atoms with Gasteiger partial charge in [0.1, 0.15) is 0 Å². The summed E-state index contributed by atoms with van der Waals surface area (Å²) in [6, 6.07) is 0. The standard InChI is InChI=1S/C12H22/c1-8-5-9(8)6-10-7-11(10)12(2,3)4/h8-11H,5-7H2,1-4H3. The lowest BCUT2D eigenvalue weighted by atomic mass is 9.88. The quantitative estimate of drug-likeness (QED) is 0.586. The van der Waals surface area contributed by atoms with Gasteiger partial charge in [-0.15, -0.1) is 0 Å². The summed E-state index contributed by atoms with van der Waals surface area (Å²) in [7, 11) is 0. The average Bonchev–Trinajstić information content (AvgIpc) is 2.72. The smallest absolute Gasteiger partial charge is 0.0334 e. The van der Waals surface area contributed by atoms with Crippen LogP contribution in [0, 0.1) is 29.1 Å². The molecule has 0 saturated heterocycles. The molecule has 0 aliphatic heterocycles. The van der Waals surface area contributed by atoms with Gasteiger partial charge in [0.05, 0.1) is 0 Å². The van der Waals surface area contributed by atoms with E-state index in [0.29, 0.717) is 5.41 Å². The average molecular weight is 166 g/mol. The number of hydrogen-bond donors (Lipinski definition) is 0. The van der Waals surface area contributed by atoms with Crippen molar-refractivity contribution in [1.82, 2.24) is 0 Å². The highest BCUT2D eigenvalue weighted by molar-refractivity contribution is 4.98. The summed E-state index contributed by atoms with van der Waals surface area (Å²) in [5.74, 6) is 4.32. The van der Waals surface area contributed by atoms with Crippen LogP contribution < -0.4 is 0 Å². The fourth-order valence-electron chi connectivity index (χ4n) is 2.69. The molecular formula is C12H22. The molecule has 2 rings (SSSR count). The van der Waals surface area contributed by atoms with Crippen molar-refractivity contribution in [3.63, 3.8) is 0 Å². The molecule has 70 valence electrons. The van der Waals surface area contributed by atoms with E-state index in [-0.39, 0.29) is 0 Å². The third-order valence-corrected chi connectivity index (χ3v) is 3.92. The van der Waals surface area contributed by atoms with E-state index in [1.165, 1.54) is 12.8 Å². The Hall–Kier alpha value is 0. The second-order valence-corrected chi connectivity index (χ2v) is 6.18. The molecule has 2 aliphatic carbocycles. The van der Waals surface area contributed by atoms with Crippen LogP contribution in [0.15, 0.2) is 0 Å². The van der Waals surface area contributed by atoms with Crippen molar-refractivity contribution < 1.29 is 0 Å². The van der Waals surface area contributed by atoms with Crippen LogP contribution in [0.2, 0.25) is 0 Å². The maximum Gasteiger partial charge on any atom is -0.0334 e. The van der Waals surface area contributed by atoms with Gasteiger partial charge in [0.25, 0.3) is 0 Å². The highest BCUT2D eigenvalue weighted by atomic mass is 14.5. The molecule has 4 atom stereocenters. The summed E-state index contributed by atoms with van der Waals surface area (Å²) in [5.41, 5.74) is 0.586. The predicted octanol–water partition coefficient (Wildman–Crippen LogP) is 3.71. The van der Waals surface area contributed by atoms with Crippen molar-refractivity contribution >= 4 is 0 Å². The first-order chi connectivity index (χ1) is 5.48. The van der Waals surface area contributed by atoms with Gasteiger partial charge in [-0.05, 0) is 48.3 Å². The molecule has 0 aromatic rings. The Bertz CT molecular complexity index is 175. The molecule has 12 heavy (non-hydrogen) atoms. The fourth-order valence-corrected chi connectivity index (χ4v) is 2.69. The van der Waals surface area contributed by atoms with Crippen molar-refractivity contribution in [3.05, 3.63) is 0 Å². The van der Waals surface area contributed by atoms with Gasteiger partial charge in [-0.25, -0.2) is 0 Å². The zero-order valence-electron chi connectivity index (χ0n) is 8.93.